The summed E-state index contributed by atoms with van der Waals surface area (Å²) in [5, 5.41) is 21.0. The molecule has 0 saturated carbocycles. The highest BCUT2D eigenvalue weighted by Gasteiger charge is 2.31. The van der Waals surface area contributed by atoms with Crippen molar-refractivity contribution in [3.63, 3.8) is 0 Å². The molecule has 1 amide bonds. The Bertz CT molecular complexity index is 1570. The zero-order valence-corrected chi connectivity index (χ0v) is 21.7. The van der Waals surface area contributed by atoms with Crippen LogP contribution in [0.15, 0.2) is 91.0 Å². The molecule has 0 spiro atoms. The number of hydrogen-bond donors (Lipinski definition) is 2. The number of aryl methyl sites for hydroxylation is 2. The molecule has 0 aromatic heterocycles. The van der Waals surface area contributed by atoms with Crippen molar-refractivity contribution in [1.29, 1.82) is 5.26 Å². The van der Waals surface area contributed by atoms with Crippen LogP contribution >= 0.6 is 0 Å². The zero-order chi connectivity index (χ0) is 29.4. The maximum atomic E-state index is 12.6. The summed E-state index contributed by atoms with van der Waals surface area (Å²) in [5.41, 5.74) is 6.00. The molecular weight excluding hydrogens is 533 g/mol. The van der Waals surface area contributed by atoms with Gasteiger partial charge in [-0.15, -0.1) is 13.2 Å². The molecule has 0 aliphatic carbocycles. The molecule has 2 N–H and O–H groups in total. The minimum Gasteiger partial charge on any atom is -0.481 e. The summed E-state index contributed by atoms with van der Waals surface area (Å²) in [5.74, 6) is -1.65. The second-order valence-corrected chi connectivity index (χ2v) is 9.20. The van der Waals surface area contributed by atoms with Crippen LogP contribution in [0.2, 0.25) is 0 Å². The molecule has 0 bridgehead atoms. The number of aliphatic carboxylic acids is 1. The van der Waals surface area contributed by atoms with Crippen LogP contribution in [0.1, 0.15) is 33.5 Å². The smallest absolute Gasteiger partial charge is 0.481 e. The van der Waals surface area contributed by atoms with E-state index in [0.29, 0.717) is 29.5 Å². The van der Waals surface area contributed by atoms with Crippen molar-refractivity contribution in [3.8, 4) is 34.1 Å². The van der Waals surface area contributed by atoms with Crippen molar-refractivity contribution < 1.29 is 32.6 Å². The molecule has 6 nitrogen and oxygen atoms in total. The number of rotatable bonds is 10. The number of hydrogen-bond acceptors (Lipinski definition) is 4. The number of alkyl halides is 3. The normalized spacial score (nSPS) is 11.0. The maximum absolute atomic E-state index is 12.6. The van der Waals surface area contributed by atoms with Gasteiger partial charge in [-0.1, -0.05) is 60.7 Å². The van der Waals surface area contributed by atoms with E-state index in [0.717, 1.165) is 27.8 Å². The quantitative estimate of drug-likeness (QED) is 0.224. The molecule has 0 atom stereocenters. The van der Waals surface area contributed by atoms with Gasteiger partial charge in [-0.05, 0) is 76.6 Å². The van der Waals surface area contributed by atoms with Crippen molar-refractivity contribution >= 4 is 11.9 Å². The van der Waals surface area contributed by atoms with Gasteiger partial charge in [0.05, 0.1) is 18.1 Å². The molecule has 0 aliphatic heterocycles. The number of carbonyl (C=O) groups excluding carboxylic acids is 1. The molecule has 4 aromatic rings. The van der Waals surface area contributed by atoms with Gasteiger partial charge in [0.25, 0.3) is 5.91 Å². The van der Waals surface area contributed by atoms with Crippen molar-refractivity contribution in [3.05, 3.63) is 113 Å². The van der Waals surface area contributed by atoms with E-state index in [1.165, 1.54) is 12.1 Å². The van der Waals surface area contributed by atoms with E-state index in [1.807, 2.05) is 42.5 Å². The molecule has 0 heterocycles. The van der Waals surface area contributed by atoms with Crippen molar-refractivity contribution in [1.82, 2.24) is 5.32 Å². The lowest BCUT2D eigenvalue weighted by Gasteiger charge is -2.15. The van der Waals surface area contributed by atoms with Gasteiger partial charge in [0, 0.05) is 12.1 Å². The lowest BCUT2D eigenvalue weighted by Crippen LogP contribution is -2.25. The topological polar surface area (TPSA) is 99.4 Å². The minimum absolute atomic E-state index is 0.0390. The first-order chi connectivity index (χ1) is 19.6. The van der Waals surface area contributed by atoms with Gasteiger partial charge in [-0.2, -0.15) is 5.26 Å². The van der Waals surface area contributed by atoms with E-state index in [4.69, 9.17) is 5.11 Å². The van der Waals surface area contributed by atoms with E-state index in [-0.39, 0.29) is 24.6 Å². The van der Waals surface area contributed by atoms with Crippen LogP contribution in [0.5, 0.6) is 5.75 Å². The number of nitriles is 1. The number of carboxylic acids is 1. The van der Waals surface area contributed by atoms with Crippen LogP contribution in [-0.4, -0.2) is 29.9 Å². The predicted octanol–water partition coefficient (Wildman–Crippen LogP) is 6.78. The van der Waals surface area contributed by atoms with Crippen molar-refractivity contribution in [2.45, 2.75) is 25.6 Å². The summed E-state index contributed by atoms with van der Waals surface area (Å²) in [4.78, 5) is 22.9. The molecule has 0 aliphatic rings. The second-order valence-electron chi connectivity index (χ2n) is 9.20. The molecule has 0 radical (unpaired) electrons. The van der Waals surface area contributed by atoms with Crippen molar-refractivity contribution in [2.75, 3.05) is 6.54 Å². The van der Waals surface area contributed by atoms with Gasteiger partial charge >= 0.3 is 12.3 Å². The van der Waals surface area contributed by atoms with Gasteiger partial charge < -0.3 is 15.2 Å². The minimum atomic E-state index is -4.77. The number of nitrogens with zero attached hydrogens (tertiary/aromatic N) is 1. The van der Waals surface area contributed by atoms with E-state index in [2.05, 4.69) is 16.1 Å². The number of ether oxygens (including phenoxy) is 1. The fourth-order valence-corrected chi connectivity index (χ4v) is 4.39. The largest absolute Gasteiger partial charge is 0.573 e. The monoisotopic (exact) mass is 558 g/mol. The third-order valence-electron chi connectivity index (χ3n) is 6.39. The highest BCUT2D eigenvalue weighted by molar-refractivity contribution is 5.94. The van der Waals surface area contributed by atoms with Gasteiger partial charge in [0.15, 0.2) is 0 Å². The zero-order valence-electron chi connectivity index (χ0n) is 21.7. The maximum Gasteiger partial charge on any atom is 0.573 e. The summed E-state index contributed by atoms with van der Waals surface area (Å²) < 4.78 is 41.7. The number of nitrogens with one attached hydrogen (secondary N) is 1. The fraction of sp³-hybridized carbons (Fsp3) is 0.156. The Morgan fingerprint density at radius 2 is 1.54 bits per heavy atom. The summed E-state index contributed by atoms with van der Waals surface area (Å²) in [7, 11) is 0. The molecule has 0 fully saturated rings. The first-order valence-electron chi connectivity index (χ1n) is 12.7. The molecule has 4 aromatic carbocycles. The van der Waals surface area contributed by atoms with Gasteiger partial charge in [-0.25, -0.2) is 0 Å². The highest BCUT2D eigenvalue weighted by atomic mass is 19.4. The molecule has 208 valence electrons. The average molecular weight is 559 g/mol. The summed E-state index contributed by atoms with van der Waals surface area (Å²) in [6.07, 6.45) is -3.73. The summed E-state index contributed by atoms with van der Waals surface area (Å²) >= 11 is 0. The third-order valence-corrected chi connectivity index (χ3v) is 6.39. The van der Waals surface area contributed by atoms with Crippen LogP contribution in [0.3, 0.4) is 0 Å². The number of amides is 1. The first-order valence-corrected chi connectivity index (χ1v) is 12.7. The first kappa shape index (κ1) is 28.9. The molecule has 0 unspecified atom stereocenters. The Labute approximate surface area is 234 Å². The van der Waals surface area contributed by atoms with E-state index >= 15 is 0 Å². The predicted molar refractivity (Wildman–Crippen MR) is 147 cm³/mol. The third kappa shape index (κ3) is 7.96. The molecule has 4 rings (SSSR count). The summed E-state index contributed by atoms with van der Waals surface area (Å²) in [6.45, 7) is 0.0390. The number of benzene rings is 4. The molecular formula is C32H25F3N2O4. The SMILES string of the molecule is N#Cc1ccccc1-c1ccc(-c2ccc(OC(F)(F)F)cc2)cc1CCc1ccc(C(=O)NCCC(=O)O)cc1. The lowest BCUT2D eigenvalue weighted by atomic mass is 9.90. The Hall–Kier alpha value is -5.10. The Morgan fingerprint density at radius 1 is 0.854 bits per heavy atom. The summed E-state index contributed by atoms with van der Waals surface area (Å²) in [6, 6.07) is 27.9. The van der Waals surface area contributed by atoms with Crippen LogP contribution in [0.25, 0.3) is 22.3 Å². The van der Waals surface area contributed by atoms with Crippen molar-refractivity contribution in [2.24, 2.45) is 0 Å². The van der Waals surface area contributed by atoms with Crippen LogP contribution in [0, 0.1) is 11.3 Å². The van der Waals surface area contributed by atoms with E-state index in [1.54, 1.807) is 36.4 Å². The lowest BCUT2D eigenvalue weighted by molar-refractivity contribution is -0.274. The standard InChI is InChI=1S/C32H25F3N2O4/c33-32(34,35)41-27-14-11-22(12-15-27)24-13-16-29(28-4-2-1-3-26(28)20-36)25(19-24)10-7-21-5-8-23(9-6-21)31(40)37-18-17-30(38)39/h1-6,8-9,11-16,19H,7,10,17-18H2,(H,37,40)(H,38,39). The van der Waals surface area contributed by atoms with Crippen LogP contribution in [-0.2, 0) is 17.6 Å². The second kappa shape index (κ2) is 12.8. The van der Waals surface area contributed by atoms with E-state index in [9.17, 15) is 28.0 Å². The fourth-order valence-electron chi connectivity index (χ4n) is 4.39. The van der Waals surface area contributed by atoms with Gasteiger partial charge in [-0.3, -0.25) is 9.59 Å². The Balaban J connectivity index is 1.58. The number of carboxylic acid groups (broad SMARTS) is 1. The molecule has 9 heteroatoms. The van der Waals surface area contributed by atoms with Gasteiger partial charge in [0.1, 0.15) is 5.75 Å². The Kier molecular flexibility index (Phi) is 9.05. The van der Waals surface area contributed by atoms with Crippen LogP contribution in [0.4, 0.5) is 13.2 Å². The van der Waals surface area contributed by atoms with E-state index < -0.39 is 12.3 Å². The number of carbonyl (C=O) groups is 2. The highest BCUT2D eigenvalue weighted by Crippen LogP contribution is 2.33. The number of halogens is 3. The Morgan fingerprint density at radius 3 is 2.20 bits per heavy atom. The molecule has 0 saturated heterocycles. The average Bonchev–Trinajstić information content (AvgIpc) is 2.95. The van der Waals surface area contributed by atoms with Gasteiger partial charge in [0.2, 0.25) is 0 Å². The molecule has 41 heavy (non-hydrogen) atoms. The van der Waals surface area contributed by atoms with Crippen LogP contribution < -0.4 is 10.1 Å².